The molecule has 0 saturated carbocycles. The number of hydrogen-bond acceptors (Lipinski definition) is 3. The minimum absolute atomic E-state index is 0.148. The summed E-state index contributed by atoms with van der Waals surface area (Å²) in [4.78, 5) is 3.88. The van der Waals surface area contributed by atoms with Crippen molar-refractivity contribution in [2.75, 3.05) is 13.9 Å². The van der Waals surface area contributed by atoms with Crippen molar-refractivity contribution < 1.29 is 14.2 Å². The van der Waals surface area contributed by atoms with Gasteiger partial charge in [0.05, 0.1) is 10.9 Å². The molecule has 4 aromatic carbocycles. The van der Waals surface area contributed by atoms with Gasteiger partial charge in [0.2, 0.25) is 0 Å². The fourth-order valence-electron chi connectivity index (χ4n) is 3.17. The van der Waals surface area contributed by atoms with Crippen molar-refractivity contribution >= 4 is 10.9 Å². The average Bonchev–Trinajstić information content (AvgIpc) is 2.84. The lowest BCUT2D eigenvalue weighted by atomic mass is 10.2. The van der Waals surface area contributed by atoms with Crippen molar-refractivity contribution in [3.63, 3.8) is 0 Å². The third-order valence-electron chi connectivity index (χ3n) is 4.69. The molecule has 0 unspecified atom stereocenters. The van der Waals surface area contributed by atoms with E-state index >= 15 is 0 Å². The average molecular weight is 430 g/mol. The summed E-state index contributed by atoms with van der Waals surface area (Å²) in [6, 6.07) is 37.6. The SMILES string of the molecule is COCOc1ccc(COc2ccc([S+](c3ccccc3)c3ccccc3)cc2)cc1. The summed E-state index contributed by atoms with van der Waals surface area (Å²) in [5.41, 5.74) is 1.09. The molecule has 0 saturated heterocycles. The molecule has 0 amide bonds. The molecule has 0 aliphatic rings. The van der Waals surface area contributed by atoms with Crippen LogP contribution in [0, 0.1) is 0 Å². The molecule has 4 heteroatoms. The van der Waals surface area contributed by atoms with E-state index in [2.05, 4.69) is 84.9 Å². The van der Waals surface area contributed by atoms with E-state index in [1.165, 1.54) is 14.7 Å². The lowest BCUT2D eigenvalue weighted by Crippen LogP contribution is -2.04. The molecule has 0 N–H and O–H groups in total. The molecule has 31 heavy (non-hydrogen) atoms. The lowest BCUT2D eigenvalue weighted by Gasteiger charge is -2.10. The van der Waals surface area contributed by atoms with Crippen molar-refractivity contribution in [3.05, 3.63) is 115 Å². The number of rotatable bonds is 9. The topological polar surface area (TPSA) is 27.7 Å². The molecule has 0 aromatic heterocycles. The molecule has 3 nitrogen and oxygen atoms in total. The monoisotopic (exact) mass is 429 g/mol. The van der Waals surface area contributed by atoms with Crippen LogP contribution in [0.1, 0.15) is 5.56 Å². The van der Waals surface area contributed by atoms with Crippen LogP contribution in [-0.4, -0.2) is 13.9 Å². The Bertz CT molecular complexity index is 1010. The molecular weight excluding hydrogens is 404 g/mol. The molecule has 4 rings (SSSR count). The van der Waals surface area contributed by atoms with Gasteiger partial charge in [0.1, 0.15) is 18.1 Å². The number of hydrogen-bond donors (Lipinski definition) is 0. The fourth-order valence-corrected chi connectivity index (χ4v) is 5.25. The van der Waals surface area contributed by atoms with Crippen LogP contribution in [-0.2, 0) is 22.2 Å². The molecule has 0 fully saturated rings. The highest BCUT2D eigenvalue weighted by Gasteiger charge is 2.28. The summed E-state index contributed by atoms with van der Waals surface area (Å²) < 4.78 is 16.3. The number of methoxy groups -OCH3 is 1. The van der Waals surface area contributed by atoms with Crippen LogP contribution in [0.4, 0.5) is 0 Å². The Labute approximate surface area is 186 Å². The maximum absolute atomic E-state index is 6.00. The van der Waals surface area contributed by atoms with Gasteiger partial charge < -0.3 is 14.2 Å². The van der Waals surface area contributed by atoms with Gasteiger partial charge in [0.15, 0.2) is 21.5 Å². The van der Waals surface area contributed by atoms with E-state index in [1.54, 1.807) is 7.11 Å². The first-order valence-corrected chi connectivity index (χ1v) is 11.3. The standard InChI is InChI=1S/C27H25O3S/c1-28-21-30-24-14-12-22(13-15-24)20-29-23-16-18-27(19-17-23)31(25-8-4-2-5-9-25)26-10-6-3-7-11-26/h2-19H,20-21H2,1H3/q+1. The largest absolute Gasteiger partial charge is 0.489 e. The molecule has 0 atom stereocenters. The summed E-state index contributed by atoms with van der Waals surface area (Å²) in [5.74, 6) is 1.64. The van der Waals surface area contributed by atoms with Gasteiger partial charge in [0.25, 0.3) is 0 Å². The lowest BCUT2D eigenvalue weighted by molar-refractivity contribution is 0.0511. The van der Waals surface area contributed by atoms with Crippen LogP contribution in [0.2, 0.25) is 0 Å². The molecule has 4 aromatic rings. The Hall–Kier alpha value is -3.21. The van der Waals surface area contributed by atoms with Crippen LogP contribution < -0.4 is 9.47 Å². The molecule has 0 bridgehead atoms. The molecule has 0 spiro atoms. The second-order valence-electron chi connectivity index (χ2n) is 6.89. The van der Waals surface area contributed by atoms with Crippen molar-refractivity contribution in [2.24, 2.45) is 0 Å². The van der Waals surface area contributed by atoms with E-state index in [-0.39, 0.29) is 17.7 Å². The highest BCUT2D eigenvalue weighted by Crippen LogP contribution is 2.32. The van der Waals surface area contributed by atoms with Gasteiger partial charge in [0, 0.05) is 7.11 Å². The van der Waals surface area contributed by atoms with Gasteiger partial charge in [-0.1, -0.05) is 48.5 Å². The van der Waals surface area contributed by atoms with Crippen LogP contribution in [0.25, 0.3) is 0 Å². The quantitative estimate of drug-likeness (QED) is 0.229. The van der Waals surface area contributed by atoms with Crippen LogP contribution in [0.15, 0.2) is 124 Å². The Morgan fingerprint density at radius 3 is 1.58 bits per heavy atom. The Balaban J connectivity index is 1.46. The zero-order valence-electron chi connectivity index (χ0n) is 17.4. The van der Waals surface area contributed by atoms with Crippen molar-refractivity contribution in [1.82, 2.24) is 0 Å². The van der Waals surface area contributed by atoms with Gasteiger partial charge in [-0.15, -0.1) is 0 Å². The third-order valence-corrected chi connectivity index (χ3v) is 6.92. The third kappa shape index (κ3) is 5.69. The maximum Gasteiger partial charge on any atom is 0.188 e. The second kappa shape index (κ2) is 10.7. The smallest absolute Gasteiger partial charge is 0.188 e. The summed E-state index contributed by atoms with van der Waals surface area (Å²) in [7, 11) is 1.46. The van der Waals surface area contributed by atoms with E-state index < -0.39 is 0 Å². The van der Waals surface area contributed by atoms with Gasteiger partial charge in [-0.25, -0.2) is 0 Å². The summed E-state index contributed by atoms with van der Waals surface area (Å²) in [6.07, 6.45) is 0. The molecule has 156 valence electrons. The summed E-state index contributed by atoms with van der Waals surface area (Å²) in [5, 5.41) is 0. The van der Waals surface area contributed by atoms with Crippen LogP contribution >= 0.6 is 0 Å². The van der Waals surface area contributed by atoms with Gasteiger partial charge in [-0.05, 0) is 66.2 Å². The van der Waals surface area contributed by atoms with Gasteiger partial charge >= 0.3 is 0 Å². The molecule has 0 aliphatic carbocycles. The van der Waals surface area contributed by atoms with Crippen molar-refractivity contribution in [3.8, 4) is 11.5 Å². The van der Waals surface area contributed by atoms with Gasteiger partial charge in [-0.2, -0.15) is 0 Å². The molecule has 0 radical (unpaired) electrons. The zero-order chi connectivity index (χ0) is 21.3. The number of ether oxygens (including phenoxy) is 3. The first-order chi connectivity index (χ1) is 15.3. The predicted octanol–water partition coefficient (Wildman–Crippen LogP) is 6.34. The summed E-state index contributed by atoms with van der Waals surface area (Å²) in [6.45, 7) is 0.753. The zero-order valence-corrected chi connectivity index (χ0v) is 18.3. The number of benzene rings is 4. The minimum Gasteiger partial charge on any atom is -0.489 e. The normalized spacial score (nSPS) is 10.8. The van der Waals surface area contributed by atoms with Crippen molar-refractivity contribution in [2.45, 2.75) is 21.3 Å². The fraction of sp³-hybridized carbons (Fsp3) is 0.111. The first-order valence-electron chi connectivity index (χ1n) is 10.1. The van der Waals surface area contributed by atoms with Crippen LogP contribution in [0.3, 0.4) is 0 Å². The Kier molecular flexibility index (Phi) is 7.27. The summed E-state index contributed by atoms with van der Waals surface area (Å²) >= 11 is 0. The molecular formula is C27H25O3S+. The Morgan fingerprint density at radius 1 is 0.548 bits per heavy atom. The van der Waals surface area contributed by atoms with E-state index in [0.717, 1.165) is 17.1 Å². The maximum atomic E-state index is 6.00. The minimum atomic E-state index is -0.148. The van der Waals surface area contributed by atoms with Gasteiger partial charge in [-0.3, -0.25) is 0 Å². The van der Waals surface area contributed by atoms with E-state index in [4.69, 9.17) is 14.2 Å². The predicted molar refractivity (Wildman–Crippen MR) is 125 cm³/mol. The van der Waals surface area contributed by atoms with E-state index in [9.17, 15) is 0 Å². The van der Waals surface area contributed by atoms with Crippen molar-refractivity contribution in [1.29, 1.82) is 0 Å². The Morgan fingerprint density at radius 2 is 1.03 bits per heavy atom. The van der Waals surface area contributed by atoms with Crippen LogP contribution in [0.5, 0.6) is 11.5 Å². The van der Waals surface area contributed by atoms with E-state index in [0.29, 0.717) is 6.61 Å². The molecule has 0 aliphatic heterocycles. The first kappa shape index (κ1) is 21.0. The van der Waals surface area contributed by atoms with E-state index in [1.807, 2.05) is 24.3 Å². The molecule has 0 heterocycles. The highest BCUT2D eigenvalue weighted by molar-refractivity contribution is 7.97. The highest BCUT2D eigenvalue weighted by atomic mass is 32.2. The second-order valence-corrected chi connectivity index (χ2v) is 8.91.